The number of carboxylic acid groups (broad SMARTS) is 1. The maximum atomic E-state index is 12.1. The van der Waals surface area contributed by atoms with Crippen molar-refractivity contribution in [2.75, 3.05) is 19.4 Å². The molecule has 1 aliphatic heterocycles. The molecule has 2 rings (SSSR count). The van der Waals surface area contributed by atoms with E-state index in [-0.39, 0.29) is 35.6 Å². The van der Waals surface area contributed by atoms with E-state index in [2.05, 4.69) is 0 Å². The zero-order valence-electron chi connectivity index (χ0n) is 12.4. The molecular weight excluding hydrogens is 324 g/mol. The van der Waals surface area contributed by atoms with Gasteiger partial charge in [0.15, 0.2) is 5.75 Å². The molecule has 1 atom stereocenters. The van der Waals surface area contributed by atoms with Crippen molar-refractivity contribution in [3.8, 4) is 5.75 Å². The van der Waals surface area contributed by atoms with Gasteiger partial charge in [-0.15, -0.1) is 11.8 Å². The second kappa shape index (κ2) is 7.32. The van der Waals surface area contributed by atoms with Crippen molar-refractivity contribution in [1.29, 1.82) is 0 Å². The summed E-state index contributed by atoms with van der Waals surface area (Å²) in [6.07, 6.45) is -0.479. The number of nitro benzene ring substituents is 1. The minimum atomic E-state index is -1.28. The molecular formula is C14H15N2O6S-. The number of methoxy groups -OCH3 is 1. The molecule has 0 saturated carbocycles. The molecule has 1 aromatic rings. The van der Waals surface area contributed by atoms with Gasteiger partial charge in [-0.3, -0.25) is 14.9 Å². The van der Waals surface area contributed by atoms with Gasteiger partial charge in [0.2, 0.25) is 5.91 Å². The van der Waals surface area contributed by atoms with Crippen LogP contribution in [0.2, 0.25) is 0 Å². The first kappa shape index (κ1) is 17.1. The summed E-state index contributed by atoms with van der Waals surface area (Å²) in [5, 5.41) is 21.2. The Morgan fingerprint density at radius 1 is 1.43 bits per heavy atom. The van der Waals surface area contributed by atoms with Crippen LogP contribution in [0.15, 0.2) is 18.2 Å². The summed E-state index contributed by atoms with van der Waals surface area (Å²) in [7, 11) is 1.35. The van der Waals surface area contributed by atoms with Gasteiger partial charge in [-0.05, 0) is 18.1 Å². The zero-order chi connectivity index (χ0) is 17.0. The first-order valence-electron chi connectivity index (χ1n) is 6.87. The molecule has 1 heterocycles. The Morgan fingerprint density at radius 2 is 2.17 bits per heavy atom. The Hall–Kier alpha value is -2.29. The minimum absolute atomic E-state index is 0.141. The molecule has 9 heteroatoms. The third kappa shape index (κ3) is 3.92. The predicted molar refractivity (Wildman–Crippen MR) is 80.8 cm³/mol. The number of carbonyl (C=O) groups is 2. The van der Waals surface area contributed by atoms with Gasteiger partial charge < -0.3 is 19.5 Å². The number of hydrogen-bond donors (Lipinski definition) is 0. The van der Waals surface area contributed by atoms with Crippen LogP contribution in [0.4, 0.5) is 5.69 Å². The van der Waals surface area contributed by atoms with Crippen LogP contribution in [0.3, 0.4) is 0 Å². The number of amides is 1. The lowest BCUT2D eigenvalue weighted by Gasteiger charge is -2.24. The third-order valence-electron chi connectivity index (χ3n) is 3.44. The van der Waals surface area contributed by atoms with Crippen LogP contribution in [-0.2, 0) is 9.59 Å². The number of carbonyl (C=O) groups excluding carboxylic acids is 2. The smallest absolute Gasteiger partial charge is 0.311 e. The van der Waals surface area contributed by atoms with Gasteiger partial charge in [0.25, 0.3) is 0 Å². The van der Waals surface area contributed by atoms with Crippen molar-refractivity contribution < 1.29 is 24.4 Å². The number of carboxylic acids is 1. The quantitative estimate of drug-likeness (QED) is 0.554. The van der Waals surface area contributed by atoms with Crippen LogP contribution in [-0.4, -0.2) is 41.1 Å². The van der Waals surface area contributed by atoms with Gasteiger partial charge in [0.05, 0.1) is 12.0 Å². The zero-order valence-corrected chi connectivity index (χ0v) is 13.2. The van der Waals surface area contributed by atoms with E-state index in [0.717, 1.165) is 0 Å². The predicted octanol–water partition coefficient (Wildman–Crippen LogP) is 0.707. The Kier molecular flexibility index (Phi) is 5.43. The SMILES string of the molecule is COc1ccc([C@@H]2SCCN2C(=O)CCC(=O)[O-])cc1[N+](=O)[O-]. The number of thioether (sulfide) groups is 1. The van der Waals surface area contributed by atoms with Crippen molar-refractivity contribution in [3.05, 3.63) is 33.9 Å². The van der Waals surface area contributed by atoms with Gasteiger partial charge in [-0.25, -0.2) is 0 Å². The fraction of sp³-hybridized carbons (Fsp3) is 0.429. The highest BCUT2D eigenvalue weighted by Gasteiger charge is 2.31. The molecule has 124 valence electrons. The lowest BCUT2D eigenvalue weighted by molar-refractivity contribution is -0.385. The number of rotatable bonds is 6. The molecule has 1 amide bonds. The summed E-state index contributed by atoms with van der Waals surface area (Å²) in [4.78, 5) is 34.7. The number of nitrogens with zero attached hydrogens (tertiary/aromatic N) is 2. The Morgan fingerprint density at radius 3 is 2.78 bits per heavy atom. The highest BCUT2D eigenvalue weighted by molar-refractivity contribution is 7.99. The molecule has 0 N–H and O–H groups in total. The molecule has 8 nitrogen and oxygen atoms in total. The molecule has 0 aromatic heterocycles. The van der Waals surface area contributed by atoms with E-state index in [1.807, 2.05) is 0 Å². The second-order valence-corrected chi connectivity index (χ2v) is 6.06. The van der Waals surface area contributed by atoms with Crippen molar-refractivity contribution in [2.45, 2.75) is 18.2 Å². The monoisotopic (exact) mass is 339 g/mol. The summed E-state index contributed by atoms with van der Waals surface area (Å²) >= 11 is 1.48. The largest absolute Gasteiger partial charge is 0.550 e. The van der Waals surface area contributed by atoms with Crippen LogP contribution in [0, 0.1) is 10.1 Å². The number of benzene rings is 1. The number of nitro groups is 1. The van der Waals surface area contributed by atoms with Gasteiger partial charge in [-0.1, -0.05) is 6.07 Å². The molecule has 1 saturated heterocycles. The fourth-order valence-corrected chi connectivity index (χ4v) is 3.62. The van der Waals surface area contributed by atoms with E-state index in [0.29, 0.717) is 17.9 Å². The summed E-state index contributed by atoms with van der Waals surface area (Å²) in [6.45, 7) is 0.473. The van der Waals surface area contributed by atoms with Crippen molar-refractivity contribution in [1.82, 2.24) is 4.90 Å². The van der Waals surface area contributed by atoms with Crippen LogP contribution in [0.1, 0.15) is 23.8 Å². The average molecular weight is 339 g/mol. The standard InChI is InChI=1S/C14H16N2O6S/c1-22-11-3-2-9(8-10(11)16(20)21)14-15(6-7-23-14)12(17)4-5-13(18)19/h2-3,8,14H,4-7H2,1H3,(H,18,19)/p-1/t14-/m0/s1. The minimum Gasteiger partial charge on any atom is -0.550 e. The molecule has 1 fully saturated rings. The van der Waals surface area contributed by atoms with Gasteiger partial charge in [0.1, 0.15) is 5.37 Å². The topological polar surface area (TPSA) is 113 Å². The molecule has 0 radical (unpaired) electrons. The summed E-state index contributed by atoms with van der Waals surface area (Å²) in [5.74, 6) is -0.747. The Bertz CT molecular complexity index is 636. The van der Waals surface area contributed by atoms with Gasteiger partial charge >= 0.3 is 5.69 Å². The summed E-state index contributed by atoms with van der Waals surface area (Å²) in [6, 6.07) is 4.56. The van der Waals surface area contributed by atoms with Crippen LogP contribution in [0.25, 0.3) is 0 Å². The molecule has 0 spiro atoms. The lowest BCUT2D eigenvalue weighted by Crippen LogP contribution is -2.32. The second-order valence-electron chi connectivity index (χ2n) is 4.87. The number of aliphatic carboxylic acids is 1. The van der Waals surface area contributed by atoms with Crippen LogP contribution < -0.4 is 9.84 Å². The van der Waals surface area contributed by atoms with E-state index in [1.165, 1.54) is 31.0 Å². The van der Waals surface area contributed by atoms with E-state index >= 15 is 0 Å². The molecule has 1 aliphatic rings. The lowest BCUT2D eigenvalue weighted by atomic mass is 10.1. The number of hydrogen-bond acceptors (Lipinski definition) is 7. The van der Waals surface area contributed by atoms with Crippen molar-refractivity contribution in [2.24, 2.45) is 0 Å². The van der Waals surface area contributed by atoms with E-state index in [1.54, 1.807) is 11.0 Å². The van der Waals surface area contributed by atoms with Crippen LogP contribution in [0.5, 0.6) is 5.75 Å². The Balaban J connectivity index is 2.22. The molecule has 0 bridgehead atoms. The normalized spacial score (nSPS) is 17.1. The van der Waals surface area contributed by atoms with Crippen molar-refractivity contribution in [3.63, 3.8) is 0 Å². The summed E-state index contributed by atoms with van der Waals surface area (Å²) < 4.78 is 4.96. The molecule has 0 aliphatic carbocycles. The highest BCUT2D eigenvalue weighted by atomic mass is 32.2. The fourth-order valence-electron chi connectivity index (χ4n) is 2.36. The Labute approximate surface area is 136 Å². The van der Waals surface area contributed by atoms with Crippen molar-refractivity contribution >= 4 is 29.3 Å². The van der Waals surface area contributed by atoms with Gasteiger partial charge in [-0.2, -0.15) is 0 Å². The van der Waals surface area contributed by atoms with E-state index < -0.39 is 10.9 Å². The molecule has 1 aromatic carbocycles. The maximum absolute atomic E-state index is 12.1. The first-order valence-corrected chi connectivity index (χ1v) is 7.92. The molecule has 0 unspecified atom stereocenters. The third-order valence-corrected chi connectivity index (χ3v) is 4.70. The average Bonchev–Trinajstić information content (AvgIpc) is 3.01. The number of ether oxygens (including phenoxy) is 1. The molecule has 23 heavy (non-hydrogen) atoms. The van der Waals surface area contributed by atoms with Crippen LogP contribution >= 0.6 is 11.8 Å². The van der Waals surface area contributed by atoms with E-state index in [4.69, 9.17) is 4.74 Å². The highest BCUT2D eigenvalue weighted by Crippen LogP contribution is 2.41. The maximum Gasteiger partial charge on any atom is 0.311 e. The first-order chi connectivity index (χ1) is 10.9. The van der Waals surface area contributed by atoms with E-state index in [9.17, 15) is 24.8 Å². The van der Waals surface area contributed by atoms with Gasteiger partial charge in [0, 0.05) is 30.8 Å². The summed E-state index contributed by atoms with van der Waals surface area (Å²) in [5.41, 5.74) is 0.446.